The Balaban J connectivity index is 1.33. The van der Waals surface area contributed by atoms with Crippen LogP contribution in [0.4, 0.5) is 10.1 Å². The van der Waals surface area contributed by atoms with Crippen LogP contribution in [0.5, 0.6) is 5.75 Å². The van der Waals surface area contributed by atoms with E-state index in [1.54, 1.807) is 38.4 Å². The normalized spacial score (nSPS) is 17.5. The van der Waals surface area contributed by atoms with Crippen LogP contribution < -0.4 is 10.1 Å². The quantitative estimate of drug-likeness (QED) is 0.441. The van der Waals surface area contributed by atoms with Gasteiger partial charge in [-0.1, -0.05) is 6.07 Å². The minimum Gasteiger partial charge on any atom is -0.488 e. The molecule has 2 aliphatic rings. The van der Waals surface area contributed by atoms with E-state index in [0.717, 1.165) is 18.5 Å². The van der Waals surface area contributed by atoms with Crippen molar-refractivity contribution in [3.8, 4) is 22.8 Å². The van der Waals surface area contributed by atoms with Gasteiger partial charge in [-0.05, 0) is 66.9 Å². The van der Waals surface area contributed by atoms with Gasteiger partial charge in [-0.25, -0.2) is 14.1 Å². The minimum atomic E-state index is -0.775. The summed E-state index contributed by atoms with van der Waals surface area (Å²) in [6.45, 7) is 3.51. The third-order valence-electron chi connectivity index (χ3n) is 6.67. The number of aryl methyl sites for hydroxylation is 1. The molecule has 0 bridgehead atoms. The summed E-state index contributed by atoms with van der Waals surface area (Å²) in [7, 11) is 0. The van der Waals surface area contributed by atoms with Crippen molar-refractivity contribution in [3.63, 3.8) is 0 Å². The molecule has 2 N–H and O–H groups in total. The molecule has 10 nitrogen and oxygen atoms in total. The molecule has 2 aromatic carbocycles. The second-order valence-electron chi connectivity index (χ2n) is 9.30. The molecule has 2 atom stereocenters. The number of hydrogen-bond donors (Lipinski definition) is 2. The topological polar surface area (TPSA) is 120 Å². The van der Waals surface area contributed by atoms with Crippen molar-refractivity contribution < 1.29 is 19.0 Å². The number of ether oxygens (including phenoxy) is 1. The van der Waals surface area contributed by atoms with Crippen molar-refractivity contribution in [3.05, 3.63) is 65.5 Å². The molecule has 1 amide bonds. The number of aromatic nitrogens is 6. The molecule has 1 saturated carbocycles. The molecule has 184 valence electrons. The Kier molecular flexibility index (Phi) is 5.29. The van der Waals surface area contributed by atoms with Gasteiger partial charge in [-0.15, -0.1) is 5.10 Å². The Labute approximate surface area is 205 Å². The second-order valence-corrected chi connectivity index (χ2v) is 9.30. The Hall–Kier alpha value is -4.12. The fourth-order valence-corrected chi connectivity index (χ4v) is 4.51. The van der Waals surface area contributed by atoms with E-state index < -0.39 is 23.9 Å². The summed E-state index contributed by atoms with van der Waals surface area (Å²) in [4.78, 5) is 17.7. The van der Waals surface area contributed by atoms with Gasteiger partial charge in [0.15, 0.2) is 11.6 Å². The SMILES string of the molecule is Cc1cc(F)c(C(=O)Nc2cccc3c2OC[C@@H]([C@@H](C)O)n2nnnc2-3)cc1-n1cnc(C2CC2)c1. The number of fused-ring (bicyclic) bond motifs is 3. The first-order valence-electron chi connectivity index (χ1n) is 11.8. The summed E-state index contributed by atoms with van der Waals surface area (Å²) in [6.07, 6.45) is 5.11. The zero-order valence-electron chi connectivity index (χ0n) is 19.7. The Morgan fingerprint density at radius 1 is 1.31 bits per heavy atom. The van der Waals surface area contributed by atoms with Crippen LogP contribution in [-0.2, 0) is 0 Å². The Morgan fingerprint density at radius 2 is 2.14 bits per heavy atom. The number of para-hydroxylation sites is 1. The fraction of sp³-hybridized carbons (Fsp3) is 0.320. The molecule has 6 rings (SSSR count). The second kappa shape index (κ2) is 8.52. The molecule has 0 saturated heterocycles. The number of rotatable bonds is 5. The number of halogens is 1. The highest BCUT2D eigenvalue weighted by Crippen LogP contribution is 2.40. The van der Waals surface area contributed by atoms with E-state index in [2.05, 4.69) is 25.8 Å². The number of nitrogens with one attached hydrogen (secondary N) is 1. The van der Waals surface area contributed by atoms with Crippen molar-refractivity contribution in [2.45, 2.75) is 44.8 Å². The first-order valence-corrected chi connectivity index (χ1v) is 11.8. The molecule has 2 aromatic heterocycles. The number of nitrogens with zero attached hydrogens (tertiary/aromatic N) is 6. The molecule has 3 heterocycles. The molecule has 0 unspecified atom stereocenters. The van der Waals surface area contributed by atoms with Crippen molar-refractivity contribution in [1.29, 1.82) is 0 Å². The van der Waals surface area contributed by atoms with Crippen LogP contribution >= 0.6 is 0 Å². The highest BCUT2D eigenvalue weighted by Gasteiger charge is 2.31. The van der Waals surface area contributed by atoms with Crippen LogP contribution in [0.15, 0.2) is 42.9 Å². The molecule has 4 aromatic rings. The van der Waals surface area contributed by atoms with E-state index in [4.69, 9.17) is 4.74 Å². The lowest BCUT2D eigenvalue weighted by Crippen LogP contribution is -2.27. The van der Waals surface area contributed by atoms with Crippen LogP contribution in [0.2, 0.25) is 0 Å². The summed E-state index contributed by atoms with van der Waals surface area (Å²) in [5.41, 5.74) is 3.18. The molecule has 0 radical (unpaired) electrons. The summed E-state index contributed by atoms with van der Waals surface area (Å²) < 4.78 is 24.3. The van der Waals surface area contributed by atoms with Gasteiger partial charge < -0.3 is 19.7 Å². The number of amides is 1. The number of imidazole rings is 1. The van der Waals surface area contributed by atoms with Gasteiger partial charge in [0, 0.05) is 12.1 Å². The summed E-state index contributed by atoms with van der Waals surface area (Å²) in [6, 6.07) is 7.52. The lowest BCUT2D eigenvalue weighted by atomic mass is 10.1. The maximum absolute atomic E-state index is 15.0. The Bertz CT molecular complexity index is 1470. The van der Waals surface area contributed by atoms with E-state index >= 15 is 0 Å². The van der Waals surface area contributed by atoms with Crippen molar-refractivity contribution in [2.75, 3.05) is 11.9 Å². The van der Waals surface area contributed by atoms with Crippen LogP contribution in [-0.4, -0.2) is 53.5 Å². The van der Waals surface area contributed by atoms with Crippen LogP contribution in [0.3, 0.4) is 0 Å². The van der Waals surface area contributed by atoms with Gasteiger partial charge in [-0.2, -0.15) is 0 Å². The molecule has 1 aliphatic heterocycles. The van der Waals surface area contributed by atoms with Gasteiger partial charge in [0.25, 0.3) is 5.91 Å². The predicted octanol–water partition coefficient (Wildman–Crippen LogP) is 3.42. The maximum atomic E-state index is 15.0. The fourth-order valence-electron chi connectivity index (χ4n) is 4.51. The zero-order valence-corrected chi connectivity index (χ0v) is 19.7. The number of anilines is 1. The minimum absolute atomic E-state index is 0.0859. The number of aliphatic hydroxyl groups excluding tert-OH is 1. The highest BCUT2D eigenvalue weighted by atomic mass is 19.1. The standard InChI is InChI=1S/C25H24FN7O3/c1-13-8-18(26)17(9-21(13)32-10-20(27-12-32)15-6-7-15)25(35)28-19-5-3-4-16-23(19)36-11-22(14(2)34)33-24(16)29-30-31-33/h3-5,8-10,12,14-15,22,34H,6-7,11H2,1-2H3,(H,28,35)/t14-,22+/m1/s1. The smallest absolute Gasteiger partial charge is 0.258 e. The van der Waals surface area contributed by atoms with Crippen molar-refractivity contribution in [1.82, 2.24) is 29.8 Å². The van der Waals surface area contributed by atoms with E-state index in [1.807, 2.05) is 10.8 Å². The summed E-state index contributed by atoms with van der Waals surface area (Å²) in [5, 5.41) is 24.8. The van der Waals surface area contributed by atoms with Crippen LogP contribution in [0.25, 0.3) is 17.1 Å². The molecular weight excluding hydrogens is 465 g/mol. The van der Waals surface area contributed by atoms with E-state index in [0.29, 0.717) is 40.0 Å². The number of benzene rings is 2. The molecule has 0 spiro atoms. The van der Waals surface area contributed by atoms with Gasteiger partial charge >= 0.3 is 0 Å². The first-order chi connectivity index (χ1) is 17.4. The number of carbonyl (C=O) groups excluding carboxylic acids is 1. The van der Waals surface area contributed by atoms with Crippen molar-refractivity contribution >= 4 is 11.6 Å². The average Bonchev–Trinajstić information content (AvgIpc) is 3.43. The van der Waals surface area contributed by atoms with E-state index in [9.17, 15) is 14.3 Å². The third-order valence-corrected chi connectivity index (χ3v) is 6.67. The third kappa shape index (κ3) is 3.81. The van der Waals surface area contributed by atoms with Gasteiger partial charge in [0.05, 0.1) is 40.6 Å². The number of tetrazole rings is 1. The largest absolute Gasteiger partial charge is 0.488 e. The molecule has 1 fully saturated rings. The molecular formula is C25H24FN7O3. The van der Waals surface area contributed by atoms with Crippen molar-refractivity contribution in [2.24, 2.45) is 0 Å². The van der Waals surface area contributed by atoms with E-state index in [1.165, 1.54) is 16.8 Å². The first kappa shape index (κ1) is 22.4. The maximum Gasteiger partial charge on any atom is 0.258 e. The monoisotopic (exact) mass is 489 g/mol. The molecule has 1 aliphatic carbocycles. The number of aliphatic hydroxyl groups is 1. The lowest BCUT2D eigenvalue weighted by molar-refractivity contribution is 0.0901. The molecule has 36 heavy (non-hydrogen) atoms. The molecule has 11 heteroatoms. The number of hydrogen-bond acceptors (Lipinski definition) is 7. The predicted molar refractivity (Wildman–Crippen MR) is 128 cm³/mol. The number of carbonyl (C=O) groups is 1. The summed E-state index contributed by atoms with van der Waals surface area (Å²) >= 11 is 0. The van der Waals surface area contributed by atoms with Crippen LogP contribution in [0.1, 0.15) is 53.3 Å². The highest BCUT2D eigenvalue weighted by molar-refractivity contribution is 6.06. The lowest BCUT2D eigenvalue weighted by Gasteiger charge is -2.18. The van der Waals surface area contributed by atoms with Crippen LogP contribution in [0, 0.1) is 12.7 Å². The van der Waals surface area contributed by atoms with Gasteiger partial charge in [-0.3, -0.25) is 4.79 Å². The van der Waals surface area contributed by atoms with Gasteiger partial charge in [0.2, 0.25) is 0 Å². The van der Waals surface area contributed by atoms with Gasteiger partial charge in [0.1, 0.15) is 18.5 Å². The summed E-state index contributed by atoms with van der Waals surface area (Å²) in [5.74, 6) is -0.0135. The Morgan fingerprint density at radius 3 is 2.92 bits per heavy atom. The van der Waals surface area contributed by atoms with E-state index in [-0.39, 0.29) is 12.2 Å². The average molecular weight is 490 g/mol. The zero-order chi connectivity index (χ0) is 25.0.